The first kappa shape index (κ1) is 19.4. The molecule has 0 aliphatic heterocycles. The lowest BCUT2D eigenvalue weighted by molar-refractivity contribution is 0.0709. The van der Waals surface area contributed by atoms with Crippen LogP contribution in [0, 0.1) is 12.8 Å². The predicted molar refractivity (Wildman–Crippen MR) is 86.1 cm³/mol. The van der Waals surface area contributed by atoms with Crippen LogP contribution in [0.3, 0.4) is 0 Å². The monoisotopic (exact) mass is 326 g/mol. The molecule has 1 heterocycles. The Labute approximate surface area is 135 Å². The van der Waals surface area contributed by atoms with Crippen LogP contribution in [0.25, 0.3) is 0 Å². The SMILES string of the molecule is CCC(C)C(O)C(C)=CC(C)(O)c1oc(=O)c(C)c(O)c1CO. The van der Waals surface area contributed by atoms with Gasteiger partial charge in [-0.05, 0) is 38.3 Å². The molecule has 0 amide bonds. The normalized spacial score (nSPS) is 17.7. The van der Waals surface area contributed by atoms with Gasteiger partial charge in [0, 0.05) is 0 Å². The minimum absolute atomic E-state index is 0.00205. The molecule has 6 nitrogen and oxygen atoms in total. The van der Waals surface area contributed by atoms with Gasteiger partial charge in [-0.3, -0.25) is 0 Å². The van der Waals surface area contributed by atoms with Crippen LogP contribution in [0.4, 0.5) is 0 Å². The molecule has 1 aromatic heterocycles. The van der Waals surface area contributed by atoms with Crippen molar-refractivity contribution in [3.63, 3.8) is 0 Å². The zero-order chi connectivity index (χ0) is 17.9. The van der Waals surface area contributed by atoms with Crippen molar-refractivity contribution in [3.05, 3.63) is 39.0 Å². The summed E-state index contributed by atoms with van der Waals surface area (Å²) in [5.74, 6) is -0.630. The summed E-state index contributed by atoms with van der Waals surface area (Å²) >= 11 is 0. The van der Waals surface area contributed by atoms with E-state index in [1.165, 1.54) is 19.9 Å². The molecule has 0 aliphatic rings. The molecule has 6 heteroatoms. The average Bonchev–Trinajstić information content (AvgIpc) is 2.50. The molecule has 1 aromatic rings. The molecule has 0 bridgehead atoms. The van der Waals surface area contributed by atoms with Crippen LogP contribution in [0.5, 0.6) is 5.75 Å². The third-order valence-corrected chi connectivity index (χ3v) is 4.19. The van der Waals surface area contributed by atoms with Gasteiger partial charge in [0.2, 0.25) is 0 Å². The molecular formula is C17H26O6. The summed E-state index contributed by atoms with van der Waals surface area (Å²) in [7, 11) is 0. The average molecular weight is 326 g/mol. The van der Waals surface area contributed by atoms with Gasteiger partial charge in [0.1, 0.15) is 11.4 Å². The minimum atomic E-state index is -1.76. The van der Waals surface area contributed by atoms with Gasteiger partial charge in [-0.1, -0.05) is 20.3 Å². The van der Waals surface area contributed by atoms with E-state index in [1.807, 2.05) is 13.8 Å². The summed E-state index contributed by atoms with van der Waals surface area (Å²) < 4.78 is 5.09. The highest BCUT2D eigenvalue weighted by Gasteiger charge is 2.31. The van der Waals surface area contributed by atoms with Crippen LogP contribution in [0.15, 0.2) is 20.9 Å². The Morgan fingerprint density at radius 2 is 2.00 bits per heavy atom. The van der Waals surface area contributed by atoms with E-state index in [4.69, 9.17) is 4.42 Å². The van der Waals surface area contributed by atoms with Crippen molar-refractivity contribution in [1.82, 2.24) is 0 Å². The molecule has 0 aliphatic carbocycles. The first-order valence-electron chi connectivity index (χ1n) is 7.63. The van der Waals surface area contributed by atoms with Crippen molar-refractivity contribution in [3.8, 4) is 5.75 Å². The second-order valence-corrected chi connectivity index (χ2v) is 6.20. The van der Waals surface area contributed by atoms with Crippen molar-refractivity contribution in [1.29, 1.82) is 0 Å². The molecule has 23 heavy (non-hydrogen) atoms. The van der Waals surface area contributed by atoms with Crippen molar-refractivity contribution < 1.29 is 24.8 Å². The standard InChI is InChI=1S/C17H26O6/c1-6-9(2)13(19)10(3)7-17(5,22)15-12(8-18)14(20)11(4)16(21)23-15/h7,9,13,18-20,22H,6,8H2,1-5H3. The highest BCUT2D eigenvalue weighted by Crippen LogP contribution is 2.33. The third-order valence-electron chi connectivity index (χ3n) is 4.19. The molecular weight excluding hydrogens is 300 g/mol. The van der Waals surface area contributed by atoms with Gasteiger partial charge in [0.05, 0.1) is 23.8 Å². The Bertz CT molecular complexity index is 641. The molecule has 130 valence electrons. The number of aliphatic hydroxyl groups excluding tert-OH is 2. The Balaban J connectivity index is 3.42. The van der Waals surface area contributed by atoms with E-state index in [-0.39, 0.29) is 22.8 Å². The topological polar surface area (TPSA) is 111 Å². The lowest BCUT2D eigenvalue weighted by atomic mass is 9.90. The molecule has 0 fully saturated rings. The maximum Gasteiger partial charge on any atom is 0.342 e. The maximum absolute atomic E-state index is 11.8. The molecule has 0 saturated carbocycles. The van der Waals surface area contributed by atoms with Crippen LogP contribution in [0.2, 0.25) is 0 Å². The lowest BCUT2D eigenvalue weighted by Gasteiger charge is -2.25. The summed E-state index contributed by atoms with van der Waals surface area (Å²) in [6.45, 7) is 7.63. The van der Waals surface area contributed by atoms with Gasteiger partial charge in [-0.2, -0.15) is 0 Å². The molecule has 3 unspecified atom stereocenters. The largest absolute Gasteiger partial charge is 0.507 e. The fraction of sp³-hybridized carbons (Fsp3) is 0.588. The van der Waals surface area contributed by atoms with E-state index in [0.717, 1.165) is 6.42 Å². The number of rotatable bonds is 6. The summed E-state index contributed by atoms with van der Waals surface area (Å²) in [6.07, 6.45) is 1.38. The second-order valence-electron chi connectivity index (χ2n) is 6.20. The second kappa shape index (κ2) is 7.29. The number of aromatic hydroxyl groups is 1. The summed E-state index contributed by atoms with van der Waals surface area (Å²) in [4.78, 5) is 11.8. The van der Waals surface area contributed by atoms with Gasteiger partial charge in [-0.15, -0.1) is 0 Å². The van der Waals surface area contributed by atoms with Crippen LogP contribution in [0.1, 0.15) is 51.0 Å². The van der Waals surface area contributed by atoms with E-state index in [9.17, 15) is 25.2 Å². The highest BCUT2D eigenvalue weighted by molar-refractivity contribution is 5.42. The Kier molecular flexibility index (Phi) is 6.16. The van der Waals surface area contributed by atoms with E-state index in [2.05, 4.69) is 0 Å². The maximum atomic E-state index is 11.8. The fourth-order valence-corrected chi connectivity index (χ4v) is 2.48. The van der Waals surface area contributed by atoms with Gasteiger partial charge < -0.3 is 24.8 Å². The molecule has 4 N–H and O–H groups in total. The van der Waals surface area contributed by atoms with E-state index in [1.54, 1.807) is 6.92 Å². The quantitative estimate of drug-likeness (QED) is 0.592. The summed E-state index contributed by atoms with van der Waals surface area (Å²) in [6, 6.07) is 0. The predicted octanol–water partition coefficient (Wildman–Crippen LogP) is 1.71. The first-order valence-corrected chi connectivity index (χ1v) is 7.63. The molecule has 1 rings (SSSR count). The zero-order valence-electron chi connectivity index (χ0n) is 14.3. The smallest absolute Gasteiger partial charge is 0.342 e. The minimum Gasteiger partial charge on any atom is -0.507 e. The Hall–Kier alpha value is -1.63. The number of hydrogen-bond acceptors (Lipinski definition) is 6. The third kappa shape index (κ3) is 4.02. The molecule has 3 atom stereocenters. The van der Waals surface area contributed by atoms with Crippen molar-refractivity contribution in [2.24, 2.45) is 5.92 Å². The van der Waals surface area contributed by atoms with Crippen LogP contribution >= 0.6 is 0 Å². The van der Waals surface area contributed by atoms with Crippen molar-refractivity contribution >= 4 is 0 Å². The van der Waals surface area contributed by atoms with E-state index < -0.39 is 29.7 Å². The molecule has 0 aromatic carbocycles. The Morgan fingerprint density at radius 3 is 2.48 bits per heavy atom. The van der Waals surface area contributed by atoms with Crippen LogP contribution < -0.4 is 5.63 Å². The summed E-state index contributed by atoms with van der Waals surface area (Å²) in [5.41, 5.74) is -2.12. The summed E-state index contributed by atoms with van der Waals surface area (Å²) in [5, 5.41) is 40.3. The van der Waals surface area contributed by atoms with Gasteiger partial charge in [0.15, 0.2) is 5.76 Å². The van der Waals surface area contributed by atoms with E-state index >= 15 is 0 Å². The van der Waals surface area contributed by atoms with Crippen LogP contribution in [-0.2, 0) is 12.2 Å². The molecule has 0 spiro atoms. The molecule has 0 radical (unpaired) electrons. The Morgan fingerprint density at radius 1 is 1.43 bits per heavy atom. The van der Waals surface area contributed by atoms with Gasteiger partial charge in [0.25, 0.3) is 0 Å². The first-order chi connectivity index (χ1) is 10.6. The number of aliphatic hydroxyl groups is 3. The van der Waals surface area contributed by atoms with Crippen LogP contribution in [-0.4, -0.2) is 26.5 Å². The molecule has 0 saturated heterocycles. The van der Waals surface area contributed by atoms with Crippen molar-refractivity contribution in [2.45, 2.75) is 59.4 Å². The van der Waals surface area contributed by atoms with Gasteiger partial charge >= 0.3 is 5.63 Å². The fourth-order valence-electron chi connectivity index (χ4n) is 2.48. The number of hydrogen-bond donors (Lipinski definition) is 4. The lowest BCUT2D eigenvalue weighted by Crippen LogP contribution is -2.27. The highest BCUT2D eigenvalue weighted by atomic mass is 16.4. The van der Waals surface area contributed by atoms with Crippen molar-refractivity contribution in [2.75, 3.05) is 0 Å². The van der Waals surface area contributed by atoms with E-state index in [0.29, 0.717) is 5.57 Å². The van der Waals surface area contributed by atoms with Gasteiger partial charge in [-0.25, -0.2) is 4.79 Å². The zero-order valence-corrected chi connectivity index (χ0v) is 14.3.